The Morgan fingerprint density at radius 2 is 1.96 bits per heavy atom. The minimum absolute atomic E-state index is 0.133. The number of rotatable bonds is 3. The molecule has 3 rings (SSSR count). The average Bonchev–Trinajstić information content (AvgIpc) is 2.88. The van der Waals surface area contributed by atoms with Crippen molar-refractivity contribution in [1.29, 1.82) is 0 Å². The summed E-state index contributed by atoms with van der Waals surface area (Å²) in [5, 5.41) is 3.29. The van der Waals surface area contributed by atoms with Crippen LogP contribution in [0, 0.1) is 13.8 Å². The van der Waals surface area contributed by atoms with Gasteiger partial charge in [0.05, 0.1) is 19.3 Å². The third-order valence-electron chi connectivity index (χ3n) is 4.77. The molecule has 2 saturated heterocycles. The monoisotopic (exact) mass is 318 g/mol. The zero-order chi connectivity index (χ0) is 16.4. The fourth-order valence-electron chi connectivity index (χ4n) is 3.43. The molecule has 2 heterocycles. The summed E-state index contributed by atoms with van der Waals surface area (Å²) in [5.74, 6) is -0.315. The molecule has 1 amide bonds. The lowest BCUT2D eigenvalue weighted by Gasteiger charge is -2.38. The van der Waals surface area contributed by atoms with E-state index in [9.17, 15) is 4.79 Å². The van der Waals surface area contributed by atoms with E-state index in [0.717, 1.165) is 29.7 Å². The second-order valence-electron chi connectivity index (χ2n) is 6.65. The lowest BCUT2D eigenvalue weighted by Crippen LogP contribution is -2.48. The Morgan fingerprint density at radius 3 is 2.52 bits per heavy atom. The Kier molecular flexibility index (Phi) is 4.60. The van der Waals surface area contributed by atoms with Crippen LogP contribution in [0.25, 0.3) is 0 Å². The number of benzene rings is 1. The van der Waals surface area contributed by atoms with E-state index in [1.165, 1.54) is 0 Å². The smallest absolute Gasteiger partial charge is 0.241 e. The summed E-state index contributed by atoms with van der Waals surface area (Å²) < 4.78 is 11.7. The van der Waals surface area contributed by atoms with Gasteiger partial charge in [-0.3, -0.25) is 4.79 Å². The van der Waals surface area contributed by atoms with Crippen LogP contribution in [0.15, 0.2) is 18.2 Å². The number of ether oxygens (including phenoxy) is 2. The molecule has 1 spiro atoms. The van der Waals surface area contributed by atoms with Crippen LogP contribution in [0.1, 0.15) is 30.9 Å². The largest absolute Gasteiger partial charge is 0.376 e. The Hall–Kier alpha value is -1.59. The van der Waals surface area contributed by atoms with Crippen molar-refractivity contribution in [2.24, 2.45) is 0 Å². The van der Waals surface area contributed by atoms with Crippen LogP contribution < -0.4 is 5.32 Å². The maximum absolute atomic E-state index is 12.4. The number of piperidine rings is 1. The molecule has 1 aromatic rings. The van der Waals surface area contributed by atoms with Crippen molar-refractivity contribution in [3.63, 3.8) is 0 Å². The number of para-hydroxylation sites is 1. The number of hydrogen-bond donors (Lipinski definition) is 1. The highest BCUT2D eigenvalue weighted by Crippen LogP contribution is 2.33. The zero-order valence-electron chi connectivity index (χ0n) is 14.2. The van der Waals surface area contributed by atoms with Crippen LogP contribution in [-0.2, 0) is 14.3 Å². The Bertz CT molecular complexity index is 559. The van der Waals surface area contributed by atoms with E-state index in [-0.39, 0.29) is 12.0 Å². The van der Waals surface area contributed by atoms with Gasteiger partial charge in [0.15, 0.2) is 5.79 Å². The number of carbonyl (C=O) groups is 1. The first kappa shape index (κ1) is 16.3. The molecule has 23 heavy (non-hydrogen) atoms. The van der Waals surface area contributed by atoms with Gasteiger partial charge >= 0.3 is 0 Å². The summed E-state index contributed by atoms with van der Waals surface area (Å²) >= 11 is 0. The highest BCUT2D eigenvalue weighted by atomic mass is 16.7. The molecule has 1 N–H and O–H groups in total. The zero-order valence-corrected chi connectivity index (χ0v) is 14.2. The molecule has 0 radical (unpaired) electrons. The van der Waals surface area contributed by atoms with Crippen molar-refractivity contribution >= 4 is 11.6 Å². The lowest BCUT2D eigenvalue weighted by atomic mass is 10.0. The molecule has 0 unspecified atom stereocenters. The van der Waals surface area contributed by atoms with Gasteiger partial charge < -0.3 is 19.7 Å². The van der Waals surface area contributed by atoms with E-state index in [1.54, 1.807) is 0 Å². The van der Waals surface area contributed by atoms with Gasteiger partial charge in [-0.25, -0.2) is 0 Å². The molecule has 5 nitrogen and oxygen atoms in total. The van der Waals surface area contributed by atoms with Crippen molar-refractivity contribution in [2.45, 2.75) is 45.5 Å². The molecule has 1 atom stereocenters. The first-order chi connectivity index (χ1) is 11.0. The molecule has 2 fully saturated rings. The van der Waals surface area contributed by atoms with Crippen molar-refractivity contribution in [2.75, 3.05) is 31.6 Å². The number of aryl methyl sites for hydroxylation is 2. The fraction of sp³-hybridized carbons (Fsp3) is 0.611. The summed E-state index contributed by atoms with van der Waals surface area (Å²) in [6, 6.07) is 6.14. The minimum atomic E-state index is -0.448. The number of hydrogen-bond acceptors (Lipinski definition) is 4. The second-order valence-corrected chi connectivity index (χ2v) is 6.65. The van der Waals surface area contributed by atoms with Crippen molar-refractivity contribution in [3.05, 3.63) is 29.3 Å². The molecule has 5 heteroatoms. The Labute approximate surface area is 137 Å². The van der Waals surface area contributed by atoms with Crippen LogP contribution in [0.3, 0.4) is 0 Å². The highest BCUT2D eigenvalue weighted by Gasteiger charge is 2.43. The van der Waals surface area contributed by atoms with E-state index in [2.05, 4.69) is 31.3 Å². The number of carbonyl (C=O) groups excluding carboxylic acids is 1. The van der Waals surface area contributed by atoms with Gasteiger partial charge in [0.2, 0.25) is 5.91 Å². The quantitative estimate of drug-likeness (QED) is 0.930. The van der Waals surface area contributed by atoms with Gasteiger partial charge in [0.25, 0.3) is 0 Å². The standard InChI is InChI=1S/C18H26N2O3/c1-13-5-4-6-14(2)17(13)19-11-16(21)20-9-7-18(8-10-20)22-12-15(3)23-18/h4-6,15,19H,7-12H2,1-3H3/t15-/m1/s1. The molecule has 0 bridgehead atoms. The van der Waals surface area contributed by atoms with Crippen molar-refractivity contribution in [1.82, 2.24) is 4.90 Å². The van der Waals surface area contributed by atoms with Crippen molar-refractivity contribution in [3.8, 4) is 0 Å². The van der Waals surface area contributed by atoms with Crippen LogP contribution in [0.4, 0.5) is 5.69 Å². The van der Waals surface area contributed by atoms with E-state index in [1.807, 2.05) is 17.9 Å². The number of amides is 1. The SMILES string of the molecule is Cc1cccc(C)c1NCC(=O)N1CCC2(CC1)OC[C@@H](C)O2. The second kappa shape index (κ2) is 6.49. The topological polar surface area (TPSA) is 50.8 Å². The predicted molar refractivity (Wildman–Crippen MR) is 89.4 cm³/mol. The number of likely N-dealkylation sites (tertiary alicyclic amines) is 1. The molecule has 2 aliphatic heterocycles. The normalized spacial score (nSPS) is 23.3. The molecular weight excluding hydrogens is 292 g/mol. The van der Waals surface area contributed by atoms with Gasteiger partial charge in [-0.2, -0.15) is 0 Å². The van der Waals surface area contributed by atoms with Gasteiger partial charge in [-0.15, -0.1) is 0 Å². The van der Waals surface area contributed by atoms with Gasteiger partial charge in [0, 0.05) is 31.6 Å². The van der Waals surface area contributed by atoms with Crippen LogP contribution in [0.5, 0.6) is 0 Å². The maximum Gasteiger partial charge on any atom is 0.241 e. The van der Waals surface area contributed by atoms with E-state index in [0.29, 0.717) is 26.2 Å². The molecule has 0 saturated carbocycles. The maximum atomic E-state index is 12.4. The average molecular weight is 318 g/mol. The van der Waals surface area contributed by atoms with Crippen LogP contribution in [0.2, 0.25) is 0 Å². The summed E-state index contributed by atoms with van der Waals surface area (Å²) in [6.07, 6.45) is 1.67. The molecular formula is C18H26N2O3. The van der Waals surface area contributed by atoms with E-state index >= 15 is 0 Å². The summed E-state index contributed by atoms with van der Waals surface area (Å²) in [5.41, 5.74) is 3.39. The van der Waals surface area contributed by atoms with E-state index < -0.39 is 5.79 Å². The third-order valence-corrected chi connectivity index (χ3v) is 4.77. The minimum Gasteiger partial charge on any atom is -0.376 e. The molecule has 1 aromatic carbocycles. The highest BCUT2D eigenvalue weighted by molar-refractivity contribution is 5.81. The number of nitrogens with zero attached hydrogens (tertiary/aromatic N) is 1. The van der Waals surface area contributed by atoms with Gasteiger partial charge in [0.1, 0.15) is 0 Å². The molecule has 0 aromatic heterocycles. The predicted octanol–water partition coefficient (Wildman–Crippen LogP) is 2.47. The summed E-state index contributed by atoms with van der Waals surface area (Å²) in [7, 11) is 0. The third kappa shape index (κ3) is 3.51. The van der Waals surface area contributed by atoms with Crippen molar-refractivity contribution < 1.29 is 14.3 Å². The Balaban J connectivity index is 1.52. The number of nitrogens with one attached hydrogen (secondary N) is 1. The molecule has 0 aliphatic carbocycles. The number of anilines is 1. The first-order valence-electron chi connectivity index (χ1n) is 8.39. The van der Waals surface area contributed by atoms with Crippen LogP contribution in [-0.4, -0.2) is 48.9 Å². The van der Waals surface area contributed by atoms with Gasteiger partial charge in [-0.05, 0) is 31.9 Å². The van der Waals surface area contributed by atoms with Gasteiger partial charge in [-0.1, -0.05) is 18.2 Å². The van der Waals surface area contributed by atoms with E-state index in [4.69, 9.17) is 9.47 Å². The Morgan fingerprint density at radius 1 is 1.30 bits per heavy atom. The molecule has 2 aliphatic rings. The van der Waals surface area contributed by atoms with Crippen LogP contribution >= 0.6 is 0 Å². The summed E-state index contributed by atoms with van der Waals surface area (Å²) in [4.78, 5) is 14.3. The lowest BCUT2D eigenvalue weighted by molar-refractivity contribution is -0.194. The summed E-state index contributed by atoms with van der Waals surface area (Å²) in [6.45, 7) is 8.51. The fourth-order valence-corrected chi connectivity index (χ4v) is 3.43. The first-order valence-corrected chi connectivity index (χ1v) is 8.39. The molecule has 126 valence electrons.